The Morgan fingerprint density at radius 1 is 1.18 bits per heavy atom. The number of amides is 1. The molecule has 0 saturated heterocycles. The predicted octanol–water partition coefficient (Wildman–Crippen LogP) is 4.00. The first-order chi connectivity index (χ1) is 12.9. The van der Waals surface area contributed by atoms with E-state index in [2.05, 4.69) is 5.32 Å². The number of hydrogen-bond donors (Lipinski definition) is 1. The lowest BCUT2D eigenvalue weighted by molar-refractivity contribution is -0.384. The molecular formula is C17H17Cl2N3O5S. The highest BCUT2D eigenvalue weighted by Crippen LogP contribution is 2.29. The highest BCUT2D eigenvalue weighted by atomic mass is 35.5. The lowest BCUT2D eigenvalue weighted by Gasteiger charge is -2.28. The van der Waals surface area contributed by atoms with Gasteiger partial charge in [0.15, 0.2) is 0 Å². The molecule has 8 nitrogen and oxygen atoms in total. The Kier molecular flexibility index (Phi) is 6.53. The van der Waals surface area contributed by atoms with E-state index in [9.17, 15) is 23.3 Å². The Balaban J connectivity index is 2.40. The van der Waals surface area contributed by atoms with Crippen molar-refractivity contribution in [3.8, 4) is 0 Å². The number of carbonyl (C=O) groups is 1. The number of anilines is 2. The van der Waals surface area contributed by atoms with Crippen molar-refractivity contribution in [1.29, 1.82) is 0 Å². The maximum atomic E-state index is 12.7. The van der Waals surface area contributed by atoms with Gasteiger partial charge in [0, 0.05) is 22.2 Å². The first kappa shape index (κ1) is 21.9. The van der Waals surface area contributed by atoms with Gasteiger partial charge in [-0.15, -0.1) is 0 Å². The number of non-ortho nitro benzene ring substituents is 1. The van der Waals surface area contributed by atoms with Crippen molar-refractivity contribution in [2.45, 2.75) is 19.9 Å². The molecule has 0 spiro atoms. The Morgan fingerprint density at radius 3 is 2.25 bits per heavy atom. The van der Waals surface area contributed by atoms with E-state index in [4.69, 9.17) is 23.2 Å². The SMILES string of the molecule is Cc1ccc([N+](=O)[O-])cc1NC(=O)[C@H](C)N(c1cc(Cl)cc(Cl)c1)S(C)(=O)=O. The highest BCUT2D eigenvalue weighted by Gasteiger charge is 2.30. The van der Waals surface area contributed by atoms with Crippen molar-refractivity contribution in [1.82, 2.24) is 0 Å². The quantitative estimate of drug-likeness (QED) is 0.533. The largest absolute Gasteiger partial charge is 0.324 e. The summed E-state index contributed by atoms with van der Waals surface area (Å²) >= 11 is 11.9. The topological polar surface area (TPSA) is 110 Å². The molecule has 1 N–H and O–H groups in total. The first-order valence-electron chi connectivity index (χ1n) is 7.91. The standard InChI is InChI=1S/C17H17Cl2N3O5S/c1-10-4-5-14(22(24)25)9-16(10)20-17(23)11(2)21(28(3,26)27)15-7-12(18)6-13(19)8-15/h4-9,11H,1-3H3,(H,20,23)/t11-/m0/s1. The van der Waals surface area contributed by atoms with E-state index in [0.29, 0.717) is 5.56 Å². The summed E-state index contributed by atoms with van der Waals surface area (Å²) in [5, 5.41) is 13.9. The van der Waals surface area contributed by atoms with Gasteiger partial charge in [-0.05, 0) is 37.6 Å². The van der Waals surface area contributed by atoms with Crippen molar-refractivity contribution in [2.24, 2.45) is 0 Å². The second kappa shape index (κ2) is 8.34. The third kappa shape index (κ3) is 5.12. The van der Waals surface area contributed by atoms with Gasteiger partial charge >= 0.3 is 0 Å². The van der Waals surface area contributed by atoms with Crippen LogP contribution in [0.2, 0.25) is 10.0 Å². The van der Waals surface area contributed by atoms with E-state index in [1.807, 2.05) is 0 Å². The number of nitro groups is 1. The number of sulfonamides is 1. The van der Waals surface area contributed by atoms with Crippen LogP contribution >= 0.6 is 23.2 Å². The molecule has 0 radical (unpaired) electrons. The Labute approximate surface area is 172 Å². The fraction of sp³-hybridized carbons (Fsp3) is 0.235. The molecule has 1 atom stereocenters. The predicted molar refractivity (Wildman–Crippen MR) is 110 cm³/mol. The van der Waals surface area contributed by atoms with Gasteiger partial charge in [-0.2, -0.15) is 0 Å². The van der Waals surface area contributed by atoms with Crippen LogP contribution in [0.15, 0.2) is 36.4 Å². The van der Waals surface area contributed by atoms with Crippen molar-refractivity contribution in [2.75, 3.05) is 15.9 Å². The average molecular weight is 446 g/mol. The molecule has 2 aromatic rings. The van der Waals surface area contributed by atoms with Gasteiger partial charge in [-0.3, -0.25) is 19.2 Å². The van der Waals surface area contributed by atoms with Gasteiger partial charge in [-0.1, -0.05) is 29.3 Å². The minimum Gasteiger partial charge on any atom is -0.324 e. The summed E-state index contributed by atoms with van der Waals surface area (Å²) in [6.45, 7) is 3.05. The molecule has 0 unspecified atom stereocenters. The molecule has 1 amide bonds. The van der Waals surface area contributed by atoms with Crippen molar-refractivity contribution in [3.05, 3.63) is 62.1 Å². The summed E-state index contributed by atoms with van der Waals surface area (Å²) in [7, 11) is -3.87. The number of hydrogen-bond acceptors (Lipinski definition) is 5. The second-order valence-corrected chi connectivity index (χ2v) is 8.84. The van der Waals surface area contributed by atoms with E-state index >= 15 is 0 Å². The molecule has 11 heteroatoms. The highest BCUT2D eigenvalue weighted by molar-refractivity contribution is 7.92. The monoisotopic (exact) mass is 445 g/mol. The van der Waals surface area contributed by atoms with Crippen LogP contribution in [-0.4, -0.2) is 31.5 Å². The van der Waals surface area contributed by atoms with Crippen LogP contribution in [0.5, 0.6) is 0 Å². The van der Waals surface area contributed by atoms with Crippen LogP contribution in [-0.2, 0) is 14.8 Å². The molecule has 0 fully saturated rings. The van der Waals surface area contributed by atoms with Crippen LogP contribution < -0.4 is 9.62 Å². The average Bonchev–Trinajstić information content (AvgIpc) is 2.54. The number of carbonyl (C=O) groups excluding carboxylic acids is 1. The lowest BCUT2D eigenvalue weighted by Crippen LogP contribution is -2.45. The van der Waals surface area contributed by atoms with Gasteiger partial charge in [0.2, 0.25) is 15.9 Å². The number of halogens is 2. The zero-order valence-electron chi connectivity index (χ0n) is 15.1. The fourth-order valence-corrected chi connectivity index (χ4v) is 4.24. The van der Waals surface area contributed by atoms with Crippen molar-refractivity contribution < 1.29 is 18.1 Å². The van der Waals surface area contributed by atoms with Gasteiger partial charge < -0.3 is 5.32 Å². The van der Waals surface area contributed by atoms with E-state index in [1.165, 1.54) is 43.3 Å². The number of nitrogens with zero attached hydrogens (tertiary/aromatic N) is 2. The molecule has 0 bridgehead atoms. The van der Waals surface area contributed by atoms with Crippen molar-refractivity contribution in [3.63, 3.8) is 0 Å². The third-order valence-corrected chi connectivity index (χ3v) is 5.56. The van der Waals surface area contributed by atoms with Gasteiger partial charge in [0.25, 0.3) is 5.69 Å². The summed E-state index contributed by atoms with van der Waals surface area (Å²) in [5.74, 6) is -0.676. The zero-order chi connectivity index (χ0) is 21.2. The normalized spacial score (nSPS) is 12.3. The summed E-state index contributed by atoms with van der Waals surface area (Å²) < 4.78 is 25.5. The molecule has 28 heavy (non-hydrogen) atoms. The molecule has 2 rings (SSSR count). The van der Waals surface area contributed by atoms with E-state index in [1.54, 1.807) is 6.92 Å². The lowest BCUT2D eigenvalue weighted by atomic mass is 10.1. The molecule has 0 saturated carbocycles. The zero-order valence-corrected chi connectivity index (χ0v) is 17.5. The first-order valence-corrected chi connectivity index (χ1v) is 10.5. The summed E-state index contributed by atoms with van der Waals surface area (Å²) in [6, 6.07) is 7.01. The minimum atomic E-state index is -3.87. The molecule has 0 aliphatic heterocycles. The van der Waals surface area contributed by atoms with Crippen molar-refractivity contribution >= 4 is 56.2 Å². The van der Waals surface area contributed by atoms with Gasteiger partial charge in [0.1, 0.15) is 6.04 Å². The van der Waals surface area contributed by atoms with Gasteiger partial charge in [0.05, 0.1) is 22.6 Å². The molecule has 150 valence electrons. The van der Waals surface area contributed by atoms with Crippen LogP contribution in [0.4, 0.5) is 17.1 Å². The number of nitro benzene ring substituents is 1. The number of benzene rings is 2. The van der Waals surface area contributed by atoms with Crippen LogP contribution in [0, 0.1) is 17.0 Å². The van der Waals surface area contributed by atoms with Crippen LogP contribution in [0.25, 0.3) is 0 Å². The van der Waals surface area contributed by atoms with E-state index in [-0.39, 0.29) is 27.1 Å². The van der Waals surface area contributed by atoms with E-state index in [0.717, 1.165) is 10.6 Å². The maximum absolute atomic E-state index is 12.7. The van der Waals surface area contributed by atoms with E-state index < -0.39 is 26.9 Å². The number of rotatable bonds is 6. The van der Waals surface area contributed by atoms with Gasteiger partial charge in [-0.25, -0.2) is 8.42 Å². The maximum Gasteiger partial charge on any atom is 0.271 e. The molecule has 2 aromatic carbocycles. The third-order valence-electron chi connectivity index (χ3n) is 3.88. The molecule has 0 aliphatic rings. The summed E-state index contributed by atoms with van der Waals surface area (Å²) in [4.78, 5) is 23.1. The summed E-state index contributed by atoms with van der Waals surface area (Å²) in [6.07, 6.45) is 0.949. The molecule has 0 aromatic heterocycles. The molecule has 0 heterocycles. The Morgan fingerprint density at radius 2 is 1.75 bits per heavy atom. The Hall–Kier alpha value is -2.36. The number of nitrogens with one attached hydrogen (secondary N) is 1. The molecule has 0 aliphatic carbocycles. The molecular weight excluding hydrogens is 429 g/mol. The second-order valence-electron chi connectivity index (χ2n) is 6.11. The van der Waals surface area contributed by atoms with Crippen LogP contribution in [0.3, 0.4) is 0 Å². The van der Waals surface area contributed by atoms with Crippen LogP contribution in [0.1, 0.15) is 12.5 Å². The number of aryl methyl sites for hydroxylation is 1. The fourth-order valence-electron chi connectivity index (χ4n) is 2.57. The Bertz CT molecular complexity index is 1020. The minimum absolute atomic E-state index is 0.124. The smallest absolute Gasteiger partial charge is 0.271 e. The summed E-state index contributed by atoms with van der Waals surface area (Å²) in [5.41, 5.74) is 0.722.